The average Bonchev–Trinajstić information content (AvgIpc) is 2.48. The quantitative estimate of drug-likeness (QED) is 0.893. The normalized spacial score (nSPS) is 16.3. The first kappa shape index (κ1) is 15.4. The number of nitrogens with zero attached hydrogens (tertiary/aromatic N) is 1. The molecule has 0 bridgehead atoms. The van der Waals surface area contributed by atoms with Crippen molar-refractivity contribution in [2.45, 2.75) is 51.0 Å². The molecule has 2 rings (SSSR count). The summed E-state index contributed by atoms with van der Waals surface area (Å²) in [5.41, 5.74) is 1.49. The highest BCUT2D eigenvalue weighted by Gasteiger charge is 2.13. The van der Waals surface area contributed by atoms with Gasteiger partial charge in [-0.1, -0.05) is 32.1 Å². The zero-order chi connectivity index (χ0) is 14.9. The number of benzene rings is 1. The highest BCUT2D eigenvalue weighted by Crippen LogP contribution is 2.17. The molecular weight excluding hydrogens is 262 g/mol. The number of carbonyl (C=O) groups excluding carboxylic acids is 1. The molecule has 0 atom stereocenters. The molecular formula is C17H23N3O. The Hall–Kier alpha value is -2.02. The van der Waals surface area contributed by atoms with Crippen molar-refractivity contribution in [2.24, 2.45) is 0 Å². The number of hydrogen-bond donors (Lipinski definition) is 2. The van der Waals surface area contributed by atoms with Crippen LogP contribution in [0.25, 0.3) is 0 Å². The van der Waals surface area contributed by atoms with E-state index in [9.17, 15) is 4.79 Å². The fraction of sp³-hybridized carbons (Fsp3) is 0.529. The second kappa shape index (κ2) is 8.31. The minimum atomic E-state index is 0.0462. The SMILES string of the molecule is N#Cc1ccc(NCC(=O)NC2CCCCCCC2)cc1. The van der Waals surface area contributed by atoms with Crippen LogP contribution >= 0.6 is 0 Å². The molecule has 1 aromatic rings. The first-order valence-corrected chi connectivity index (χ1v) is 7.81. The number of nitriles is 1. The van der Waals surface area contributed by atoms with Crippen molar-refractivity contribution in [2.75, 3.05) is 11.9 Å². The lowest BCUT2D eigenvalue weighted by Gasteiger charge is -2.21. The topological polar surface area (TPSA) is 64.9 Å². The minimum absolute atomic E-state index is 0.0462. The lowest BCUT2D eigenvalue weighted by atomic mass is 9.97. The molecule has 4 nitrogen and oxygen atoms in total. The third-order valence-electron chi connectivity index (χ3n) is 3.94. The highest BCUT2D eigenvalue weighted by molar-refractivity contribution is 5.81. The molecule has 0 spiro atoms. The van der Waals surface area contributed by atoms with E-state index in [0.717, 1.165) is 18.5 Å². The van der Waals surface area contributed by atoms with E-state index in [2.05, 4.69) is 16.7 Å². The van der Waals surface area contributed by atoms with E-state index in [4.69, 9.17) is 5.26 Å². The smallest absolute Gasteiger partial charge is 0.239 e. The maximum atomic E-state index is 12.0. The number of anilines is 1. The molecule has 1 aromatic carbocycles. The number of nitrogens with one attached hydrogen (secondary N) is 2. The van der Waals surface area contributed by atoms with Crippen molar-refractivity contribution in [1.29, 1.82) is 5.26 Å². The van der Waals surface area contributed by atoms with E-state index < -0.39 is 0 Å². The fourth-order valence-corrected chi connectivity index (χ4v) is 2.72. The molecule has 1 aliphatic rings. The van der Waals surface area contributed by atoms with Crippen LogP contribution < -0.4 is 10.6 Å². The molecule has 0 saturated heterocycles. The maximum Gasteiger partial charge on any atom is 0.239 e. The first-order chi connectivity index (χ1) is 10.3. The molecule has 0 aliphatic heterocycles. The highest BCUT2D eigenvalue weighted by atomic mass is 16.1. The number of hydrogen-bond acceptors (Lipinski definition) is 3. The predicted molar refractivity (Wildman–Crippen MR) is 83.9 cm³/mol. The monoisotopic (exact) mass is 285 g/mol. The van der Waals surface area contributed by atoms with Gasteiger partial charge in [0.15, 0.2) is 0 Å². The average molecular weight is 285 g/mol. The summed E-state index contributed by atoms with van der Waals surface area (Å²) in [5, 5.41) is 15.0. The Bertz CT molecular complexity index is 482. The minimum Gasteiger partial charge on any atom is -0.376 e. The van der Waals surface area contributed by atoms with Crippen LogP contribution in [0.3, 0.4) is 0 Å². The number of carbonyl (C=O) groups is 1. The summed E-state index contributed by atoms with van der Waals surface area (Å²) in [6, 6.07) is 9.54. The van der Waals surface area contributed by atoms with Crippen LogP contribution in [0.15, 0.2) is 24.3 Å². The summed E-state index contributed by atoms with van der Waals surface area (Å²) in [7, 11) is 0. The summed E-state index contributed by atoms with van der Waals surface area (Å²) >= 11 is 0. The Morgan fingerprint density at radius 3 is 2.33 bits per heavy atom. The van der Waals surface area contributed by atoms with E-state index in [1.807, 2.05) is 12.1 Å². The summed E-state index contributed by atoms with van der Waals surface area (Å²) in [6.07, 6.45) is 8.54. The molecule has 0 aromatic heterocycles. The van der Waals surface area contributed by atoms with Gasteiger partial charge in [-0.2, -0.15) is 5.26 Å². The van der Waals surface area contributed by atoms with E-state index in [1.165, 1.54) is 32.1 Å². The van der Waals surface area contributed by atoms with Crippen LogP contribution in [0.4, 0.5) is 5.69 Å². The molecule has 1 saturated carbocycles. The Kier molecular flexibility index (Phi) is 6.08. The first-order valence-electron chi connectivity index (χ1n) is 7.81. The van der Waals surface area contributed by atoms with Crippen molar-refractivity contribution < 1.29 is 4.79 Å². The Balaban J connectivity index is 1.74. The largest absolute Gasteiger partial charge is 0.376 e. The van der Waals surface area contributed by atoms with Crippen molar-refractivity contribution in [3.63, 3.8) is 0 Å². The molecule has 1 aliphatic carbocycles. The van der Waals surface area contributed by atoms with E-state index in [-0.39, 0.29) is 12.5 Å². The van der Waals surface area contributed by atoms with E-state index in [1.54, 1.807) is 12.1 Å². The molecule has 21 heavy (non-hydrogen) atoms. The second-order valence-electron chi connectivity index (χ2n) is 5.65. The predicted octanol–water partition coefficient (Wildman–Crippen LogP) is 3.20. The maximum absolute atomic E-state index is 12.0. The lowest BCUT2D eigenvalue weighted by Crippen LogP contribution is -2.38. The summed E-state index contributed by atoms with van der Waals surface area (Å²) in [6.45, 7) is 0.280. The van der Waals surface area contributed by atoms with Crippen molar-refractivity contribution >= 4 is 11.6 Å². The molecule has 0 radical (unpaired) electrons. The summed E-state index contributed by atoms with van der Waals surface area (Å²) < 4.78 is 0. The van der Waals surface area contributed by atoms with Gasteiger partial charge in [0.05, 0.1) is 18.2 Å². The third-order valence-corrected chi connectivity index (χ3v) is 3.94. The van der Waals surface area contributed by atoms with Gasteiger partial charge in [0.1, 0.15) is 0 Å². The van der Waals surface area contributed by atoms with Crippen molar-refractivity contribution in [1.82, 2.24) is 5.32 Å². The van der Waals surface area contributed by atoms with Crippen LogP contribution in [-0.4, -0.2) is 18.5 Å². The summed E-state index contributed by atoms with van der Waals surface area (Å²) in [4.78, 5) is 12.0. The van der Waals surface area contributed by atoms with Gasteiger partial charge in [0.25, 0.3) is 0 Å². The van der Waals surface area contributed by atoms with Gasteiger partial charge in [-0.05, 0) is 37.1 Å². The zero-order valence-electron chi connectivity index (χ0n) is 12.4. The van der Waals surface area contributed by atoms with Crippen LogP contribution in [0, 0.1) is 11.3 Å². The van der Waals surface area contributed by atoms with Gasteiger partial charge in [-0.3, -0.25) is 4.79 Å². The van der Waals surface area contributed by atoms with Crippen LogP contribution in [0.1, 0.15) is 50.5 Å². The van der Waals surface area contributed by atoms with Crippen LogP contribution in [-0.2, 0) is 4.79 Å². The van der Waals surface area contributed by atoms with Crippen LogP contribution in [0.5, 0.6) is 0 Å². The van der Waals surface area contributed by atoms with E-state index in [0.29, 0.717) is 11.6 Å². The zero-order valence-corrected chi connectivity index (χ0v) is 12.4. The van der Waals surface area contributed by atoms with Crippen molar-refractivity contribution in [3.05, 3.63) is 29.8 Å². The second-order valence-corrected chi connectivity index (χ2v) is 5.65. The van der Waals surface area contributed by atoms with Gasteiger partial charge in [-0.15, -0.1) is 0 Å². The van der Waals surface area contributed by atoms with Gasteiger partial charge >= 0.3 is 0 Å². The molecule has 1 fully saturated rings. The fourth-order valence-electron chi connectivity index (χ4n) is 2.72. The molecule has 112 valence electrons. The van der Waals surface area contributed by atoms with Gasteiger partial charge in [0.2, 0.25) is 5.91 Å². The van der Waals surface area contributed by atoms with Gasteiger partial charge < -0.3 is 10.6 Å². The van der Waals surface area contributed by atoms with Crippen molar-refractivity contribution in [3.8, 4) is 6.07 Å². The molecule has 2 N–H and O–H groups in total. The molecule has 0 unspecified atom stereocenters. The third kappa shape index (κ3) is 5.47. The molecule has 0 heterocycles. The van der Waals surface area contributed by atoms with Gasteiger partial charge in [0, 0.05) is 11.7 Å². The Morgan fingerprint density at radius 1 is 1.10 bits per heavy atom. The van der Waals surface area contributed by atoms with Gasteiger partial charge in [-0.25, -0.2) is 0 Å². The lowest BCUT2D eigenvalue weighted by molar-refractivity contribution is -0.120. The molecule has 1 amide bonds. The summed E-state index contributed by atoms with van der Waals surface area (Å²) in [5.74, 6) is 0.0462. The number of amides is 1. The number of rotatable bonds is 4. The van der Waals surface area contributed by atoms with E-state index >= 15 is 0 Å². The Labute approximate surface area is 126 Å². The standard InChI is InChI=1S/C17H23N3O/c18-12-14-8-10-15(11-9-14)19-13-17(21)20-16-6-4-2-1-3-5-7-16/h8-11,16,19H,1-7,13H2,(H,20,21). The Morgan fingerprint density at radius 2 is 1.71 bits per heavy atom. The molecule has 4 heteroatoms. The van der Waals surface area contributed by atoms with Crippen LogP contribution in [0.2, 0.25) is 0 Å².